The number of aromatic nitrogens is 1. The highest BCUT2D eigenvalue weighted by Gasteiger charge is 2.30. The minimum atomic E-state index is -4.08. The van der Waals surface area contributed by atoms with Crippen molar-refractivity contribution in [2.45, 2.75) is 24.7 Å². The number of hydrazine groups is 1. The van der Waals surface area contributed by atoms with Gasteiger partial charge in [0.2, 0.25) is 0 Å². The van der Waals surface area contributed by atoms with Gasteiger partial charge >= 0.3 is 5.82 Å². The Labute approximate surface area is 105 Å². The number of nitrogens with zero attached hydrogens (tertiary/aromatic N) is 3. The summed E-state index contributed by atoms with van der Waals surface area (Å²) in [5.74, 6) is 4.72. The smallest absolute Gasteiger partial charge is 0.358 e. The van der Waals surface area contributed by atoms with Crippen molar-refractivity contribution < 1.29 is 13.3 Å². The molecule has 0 aromatic carbocycles. The number of nitrogens with two attached hydrogens (primary N) is 1. The average molecular weight is 274 g/mol. The molecule has 0 aliphatic carbocycles. The molecule has 0 aliphatic rings. The second-order valence-electron chi connectivity index (χ2n) is 3.55. The van der Waals surface area contributed by atoms with E-state index in [2.05, 4.69) is 4.98 Å². The molecule has 1 aromatic heterocycles. The fourth-order valence-electron chi connectivity index (χ4n) is 1.28. The highest BCUT2D eigenvalue weighted by atomic mass is 32.2. The number of hydrogen-bond acceptors (Lipinski definition) is 6. The fraction of sp³-hybridized carbons (Fsp3) is 0.444. The number of rotatable bonds is 6. The normalized spacial score (nSPS) is 11.7. The van der Waals surface area contributed by atoms with Crippen molar-refractivity contribution in [1.82, 2.24) is 9.40 Å². The second-order valence-corrected chi connectivity index (χ2v) is 5.41. The van der Waals surface area contributed by atoms with Gasteiger partial charge in [-0.2, -0.15) is 0 Å². The van der Waals surface area contributed by atoms with Crippen molar-refractivity contribution in [3.05, 3.63) is 28.4 Å². The molecule has 0 aliphatic heterocycles. The lowest BCUT2D eigenvalue weighted by Crippen LogP contribution is -2.38. The molecular formula is C9H14N4O4S. The lowest BCUT2D eigenvalue weighted by Gasteiger charge is -2.15. The third-order valence-corrected chi connectivity index (χ3v) is 3.92. The summed E-state index contributed by atoms with van der Waals surface area (Å²) in [6.07, 6.45) is 2.49. The molecule has 8 nitrogen and oxygen atoms in total. The molecule has 0 saturated heterocycles. The minimum Gasteiger partial charge on any atom is -0.358 e. The van der Waals surface area contributed by atoms with E-state index in [1.165, 1.54) is 6.07 Å². The van der Waals surface area contributed by atoms with Crippen molar-refractivity contribution in [2.24, 2.45) is 5.84 Å². The van der Waals surface area contributed by atoms with Crippen LogP contribution in [0.25, 0.3) is 0 Å². The molecule has 0 radical (unpaired) electrons. The predicted octanol–water partition coefficient (Wildman–Crippen LogP) is 0.654. The summed E-state index contributed by atoms with van der Waals surface area (Å²) in [7, 11) is -4.08. The molecular weight excluding hydrogens is 260 g/mol. The Balaban J connectivity index is 3.16. The summed E-state index contributed by atoms with van der Waals surface area (Å²) in [5, 5.41) is 10.7. The quantitative estimate of drug-likeness (QED) is 0.462. The van der Waals surface area contributed by atoms with Gasteiger partial charge in [0, 0.05) is 6.54 Å². The zero-order chi connectivity index (χ0) is 13.8. The van der Waals surface area contributed by atoms with Crippen LogP contribution in [0, 0.1) is 10.1 Å². The first-order valence-corrected chi connectivity index (χ1v) is 6.72. The van der Waals surface area contributed by atoms with Crippen LogP contribution in [0.5, 0.6) is 0 Å². The third-order valence-electron chi connectivity index (χ3n) is 2.24. The highest BCUT2D eigenvalue weighted by molar-refractivity contribution is 7.89. The zero-order valence-corrected chi connectivity index (χ0v) is 10.6. The van der Waals surface area contributed by atoms with E-state index < -0.39 is 25.7 Å². The summed E-state index contributed by atoms with van der Waals surface area (Å²) in [6, 6.07) is 2.43. The van der Waals surface area contributed by atoms with Crippen molar-refractivity contribution >= 4 is 15.8 Å². The van der Waals surface area contributed by atoms with E-state index in [0.717, 1.165) is 18.7 Å². The highest BCUT2D eigenvalue weighted by Crippen LogP contribution is 2.22. The van der Waals surface area contributed by atoms with Gasteiger partial charge in [-0.3, -0.25) is 5.84 Å². The van der Waals surface area contributed by atoms with Gasteiger partial charge in [0.15, 0.2) is 4.90 Å². The van der Waals surface area contributed by atoms with E-state index in [1.807, 2.05) is 6.92 Å². The van der Waals surface area contributed by atoms with Gasteiger partial charge in [-0.25, -0.2) is 8.42 Å². The van der Waals surface area contributed by atoms with Crippen LogP contribution >= 0.6 is 0 Å². The zero-order valence-electron chi connectivity index (χ0n) is 9.81. The molecule has 0 fully saturated rings. The molecule has 0 atom stereocenters. The first-order valence-electron chi connectivity index (χ1n) is 5.28. The topological polar surface area (TPSA) is 119 Å². The Morgan fingerprint density at radius 2 is 2.22 bits per heavy atom. The molecule has 1 heterocycles. The van der Waals surface area contributed by atoms with Gasteiger partial charge < -0.3 is 10.1 Å². The standard InChI is InChI=1S/C9H14N4O4S/c1-2-3-7-12(10)18(16,17)8-5-4-6-11-9(8)13(14)15/h4-6H,2-3,7,10H2,1H3. The maximum Gasteiger partial charge on any atom is 0.383 e. The molecule has 0 saturated carbocycles. The monoisotopic (exact) mass is 274 g/mol. The van der Waals surface area contributed by atoms with Crippen molar-refractivity contribution in [3.8, 4) is 0 Å². The minimum absolute atomic E-state index is 0.102. The predicted molar refractivity (Wildman–Crippen MR) is 63.9 cm³/mol. The van der Waals surface area contributed by atoms with Crippen LogP contribution in [-0.2, 0) is 10.0 Å². The van der Waals surface area contributed by atoms with E-state index in [4.69, 9.17) is 5.84 Å². The molecule has 1 rings (SSSR count). The number of nitro groups is 1. The molecule has 0 spiro atoms. The lowest BCUT2D eigenvalue weighted by atomic mass is 10.3. The first-order chi connectivity index (χ1) is 8.41. The summed E-state index contributed by atoms with van der Waals surface area (Å²) in [4.78, 5) is 12.8. The third kappa shape index (κ3) is 3.00. The number of hydrogen-bond donors (Lipinski definition) is 1. The van der Waals surface area contributed by atoms with E-state index >= 15 is 0 Å². The van der Waals surface area contributed by atoms with Gasteiger partial charge in [-0.05, 0) is 28.5 Å². The SMILES string of the molecule is CCCCN(N)S(=O)(=O)c1cccnc1[N+](=O)[O-]. The van der Waals surface area contributed by atoms with Crippen LogP contribution in [0.1, 0.15) is 19.8 Å². The van der Waals surface area contributed by atoms with Gasteiger partial charge in [-0.15, -0.1) is 4.41 Å². The Morgan fingerprint density at radius 3 is 2.78 bits per heavy atom. The summed E-state index contributed by atoms with van der Waals surface area (Å²) in [6.45, 7) is 1.98. The summed E-state index contributed by atoms with van der Waals surface area (Å²) in [5.41, 5.74) is 0. The molecule has 9 heteroatoms. The van der Waals surface area contributed by atoms with E-state index in [9.17, 15) is 18.5 Å². The van der Waals surface area contributed by atoms with E-state index in [0.29, 0.717) is 10.8 Å². The van der Waals surface area contributed by atoms with Gasteiger partial charge in [0.05, 0.1) is 0 Å². The Kier molecular flexibility index (Phi) is 4.70. The van der Waals surface area contributed by atoms with Crippen LogP contribution in [0.4, 0.5) is 5.82 Å². The average Bonchev–Trinajstić information content (AvgIpc) is 2.35. The van der Waals surface area contributed by atoms with Crippen LogP contribution in [0.2, 0.25) is 0 Å². The number of sulfonamides is 1. The van der Waals surface area contributed by atoms with E-state index in [1.54, 1.807) is 0 Å². The molecule has 0 bridgehead atoms. The largest absolute Gasteiger partial charge is 0.383 e. The first kappa shape index (κ1) is 14.5. The van der Waals surface area contributed by atoms with Crippen LogP contribution in [0.3, 0.4) is 0 Å². The number of unbranched alkanes of at least 4 members (excludes halogenated alkanes) is 1. The maximum atomic E-state index is 12.0. The van der Waals surface area contributed by atoms with Crippen molar-refractivity contribution in [3.63, 3.8) is 0 Å². The Bertz CT molecular complexity index is 531. The van der Waals surface area contributed by atoms with Gasteiger partial charge in [-0.1, -0.05) is 13.3 Å². The molecule has 1 aromatic rings. The summed E-state index contributed by atoms with van der Waals surface area (Å²) >= 11 is 0. The molecule has 0 unspecified atom stereocenters. The van der Waals surface area contributed by atoms with Gasteiger partial charge in [0.1, 0.15) is 6.20 Å². The number of pyridine rings is 1. The second kappa shape index (κ2) is 5.85. The van der Waals surface area contributed by atoms with Crippen LogP contribution in [-0.4, -0.2) is 29.3 Å². The lowest BCUT2D eigenvalue weighted by molar-refractivity contribution is -0.392. The van der Waals surface area contributed by atoms with E-state index in [-0.39, 0.29) is 6.54 Å². The van der Waals surface area contributed by atoms with Crippen molar-refractivity contribution in [1.29, 1.82) is 0 Å². The van der Waals surface area contributed by atoms with Crippen LogP contribution < -0.4 is 5.84 Å². The summed E-state index contributed by atoms with van der Waals surface area (Å²) < 4.78 is 24.7. The van der Waals surface area contributed by atoms with Crippen molar-refractivity contribution in [2.75, 3.05) is 6.54 Å². The molecule has 18 heavy (non-hydrogen) atoms. The van der Waals surface area contributed by atoms with Gasteiger partial charge in [0.25, 0.3) is 10.0 Å². The fourth-order valence-corrected chi connectivity index (χ4v) is 2.51. The molecule has 2 N–H and O–H groups in total. The maximum absolute atomic E-state index is 12.0. The Hall–Kier alpha value is -1.58. The molecule has 100 valence electrons. The van der Waals surface area contributed by atoms with Crippen LogP contribution in [0.15, 0.2) is 23.2 Å². The Morgan fingerprint density at radius 1 is 1.56 bits per heavy atom. The molecule has 0 amide bonds.